The molecule has 0 aliphatic carbocycles. The summed E-state index contributed by atoms with van der Waals surface area (Å²) in [6.45, 7) is 6.65. The molecule has 1 aromatic rings. The number of hydrogen-bond acceptors (Lipinski definition) is 3. The van der Waals surface area contributed by atoms with Crippen molar-refractivity contribution in [3.8, 4) is 0 Å². The van der Waals surface area contributed by atoms with E-state index in [1.807, 2.05) is 6.07 Å². The first-order chi connectivity index (χ1) is 6.92. The van der Waals surface area contributed by atoms with Gasteiger partial charge in [0.05, 0.1) is 12.3 Å². The molecule has 16 heavy (non-hydrogen) atoms. The third-order valence-electron chi connectivity index (χ3n) is 2.85. The molecule has 1 N–H and O–H groups in total. The zero-order valence-corrected chi connectivity index (χ0v) is 11.1. The van der Waals surface area contributed by atoms with Crippen LogP contribution in [-0.2, 0) is 0 Å². The lowest BCUT2D eigenvalue weighted by Gasteiger charge is -2.33. The Morgan fingerprint density at radius 3 is 2.56 bits per heavy atom. The van der Waals surface area contributed by atoms with Crippen LogP contribution in [0.15, 0.2) is 22.8 Å². The molecule has 2 rings (SSSR count). The highest BCUT2D eigenvalue weighted by Gasteiger charge is 2.22. The van der Waals surface area contributed by atoms with E-state index in [4.69, 9.17) is 4.42 Å². The number of halogens is 2. The van der Waals surface area contributed by atoms with Crippen molar-refractivity contribution in [2.24, 2.45) is 0 Å². The van der Waals surface area contributed by atoms with Crippen molar-refractivity contribution in [2.45, 2.75) is 19.4 Å². The number of nitrogens with zero attached hydrogens (tertiary/aromatic N) is 1. The normalized spacial score (nSPS) is 18.3. The van der Waals surface area contributed by atoms with E-state index in [1.165, 1.54) is 0 Å². The molecule has 94 valence electrons. The van der Waals surface area contributed by atoms with Crippen LogP contribution < -0.4 is 5.32 Å². The lowest BCUT2D eigenvalue weighted by Crippen LogP contribution is -2.44. The molecule has 1 atom stereocenters. The third kappa shape index (κ3) is 3.67. The average Bonchev–Trinajstić information content (AvgIpc) is 2.74. The van der Waals surface area contributed by atoms with Crippen molar-refractivity contribution in [1.82, 2.24) is 10.2 Å². The number of rotatable bonds is 3. The van der Waals surface area contributed by atoms with Gasteiger partial charge in [-0.05, 0) is 18.6 Å². The number of piperazine rings is 1. The van der Waals surface area contributed by atoms with E-state index < -0.39 is 0 Å². The summed E-state index contributed by atoms with van der Waals surface area (Å²) in [4.78, 5) is 2.50. The maximum absolute atomic E-state index is 5.48. The van der Waals surface area contributed by atoms with Gasteiger partial charge in [0.15, 0.2) is 0 Å². The number of nitrogens with one attached hydrogen (secondary N) is 1. The standard InChI is InChI=1S/C11H18N2O.2ClH/c1-2-10(11-4-3-9-14-11)13-7-5-12-6-8-13;;/h3-4,9-10,12H,2,5-8H2,1H3;2*1H/t10-;;/m0../s1. The molecule has 1 fully saturated rings. The van der Waals surface area contributed by atoms with E-state index in [2.05, 4.69) is 23.2 Å². The van der Waals surface area contributed by atoms with Crippen molar-refractivity contribution in [2.75, 3.05) is 26.2 Å². The number of furan rings is 1. The molecule has 0 radical (unpaired) electrons. The summed E-state index contributed by atoms with van der Waals surface area (Å²) in [7, 11) is 0. The third-order valence-corrected chi connectivity index (χ3v) is 2.85. The van der Waals surface area contributed by atoms with Crippen LogP contribution in [0.5, 0.6) is 0 Å². The van der Waals surface area contributed by atoms with Gasteiger partial charge < -0.3 is 9.73 Å². The van der Waals surface area contributed by atoms with E-state index in [1.54, 1.807) is 6.26 Å². The molecule has 0 unspecified atom stereocenters. The van der Waals surface area contributed by atoms with Crippen LogP contribution in [0.2, 0.25) is 0 Å². The zero-order chi connectivity index (χ0) is 9.80. The first kappa shape index (κ1) is 15.8. The summed E-state index contributed by atoms with van der Waals surface area (Å²) in [6.07, 6.45) is 2.88. The van der Waals surface area contributed by atoms with Crippen LogP contribution in [0.4, 0.5) is 0 Å². The van der Waals surface area contributed by atoms with Gasteiger partial charge in [-0.1, -0.05) is 6.92 Å². The fraction of sp³-hybridized carbons (Fsp3) is 0.636. The summed E-state index contributed by atoms with van der Waals surface area (Å²) in [5.74, 6) is 1.11. The molecular weight excluding hydrogens is 247 g/mol. The minimum Gasteiger partial charge on any atom is -0.468 e. The van der Waals surface area contributed by atoms with Gasteiger partial charge in [0.25, 0.3) is 0 Å². The molecule has 1 aliphatic rings. The Balaban J connectivity index is 0.00000112. The first-order valence-electron chi connectivity index (χ1n) is 5.40. The van der Waals surface area contributed by atoms with Gasteiger partial charge in [-0.3, -0.25) is 4.90 Å². The van der Waals surface area contributed by atoms with Gasteiger partial charge in [0.2, 0.25) is 0 Å². The van der Waals surface area contributed by atoms with E-state index in [-0.39, 0.29) is 24.8 Å². The molecule has 1 saturated heterocycles. The van der Waals surface area contributed by atoms with Gasteiger partial charge in [0.1, 0.15) is 5.76 Å². The summed E-state index contributed by atoms with van der Waals surface area (Å²) in [5.41, 5.74) is 0. The SMILES string of the molecule is CC[C@@H](c1ccco1)N1CCNCC1.Cl.Cl. The van der Waals surface area contributed by atoms with Crippen molar-refractivity contribution in [3.63, 3.8) is 0 Å². The molecule has 0 spiro atoms. The Labute approximate surface area is 109 Å². The number of hydrogen-bond donors (Lipinski definition) is 1. The van der Waals surface area contributed by atoms with Crippen molar-refractivity contribution in [3.05, 3.63) is 24.2 Å². The lowest BCUT2D eigenvalue weighted by molar-refractivity contribution is 0.150. The van der Waals surface area contributed by atoms with Gasteiger partial charge in [-0.2, -0.15) is 0 Å². The summed E-state index contributed by atoms with van der Waals surface area (Å²) in [6, 6.07) is 4.52. The molecule has 0 aromatic carbocycles. The first-order valence-corrected chi connectivity index (χ1v) is 5.40. The van der Waals surface area contributed by atoms with Crippen LogP contribution in [0.3, 0.4) is 0 Å². The molecule has 3 nitrogen and oxygen atoms in total. The molecule has 0 bridgehead atoms. The molecule has 2 heterocycles. The van der Waals surface area contributed by atoms with Gasteiger partial charge in [-0.25, -0.2) is 0 Å². The Morgan fingerprint density at radius 2 is 2.06 bits per heavy atom. The minimum absolute atomic E-state index is 0. The van der Waals surface area contributed by atoms with Crippen LogP contribution in [0.1, 0.15) is 25.1 Å². The van der Waals surface area contributed by atoms with Crippen LogP contribution in [0.25, 0.3) is 0 Å². The lowest BCUT2D eigenvalue weighted by atomic mass is 10.1. The average molecular weight is 267 g/mol. The zero-order valence-electron chi connectivity index (χ0n) is 9.52. The molecule has 0 amide bonds. The highest BCUT2D eigenvalue weighted by atomic mass is 35.5. The smallest absolute Gasteiger partial charge is 0.120 e. The second kappa shape index (κ2) is 7.96. The van der Waals surface area contributed by atoms with Gasteiger partial charge in [0, 0.05) is 26.2 Å². The van der Waals surface area contributed by atoms with E-state index in [0.717, 1.165) is 38.4 Å². The summed E-state index contributed by atoms with van der Waals surface area (Å²) in [5, 5.41) is 3.37. The quantitative estimate of drug-likeness (QED) is 0.912. The van der Waals surface area contributed by atoms with Crippen LogP contribution in [-0.4, -0.2) is 31.1 Å². The monoisotopic (exact) mass is 266 g/mol. The van der Waals surface area contributed by atoms with E-state index >= 15 is 0 Å². The van der Waals surface area contributed by atoms with Crippen molar-refractivity contribution < 1.29 is 4.42 Å². The maximum Gasteiger partial charge on any atom is 0.120 e. The van der Waals surface area contributed by atoms with Gasteiger partial charge in [-0.15, -0.1) is 24.8 Å². The molecular formula is C11H20Cl2N2O. The van der Waals surface area contributed by atoms with Crippen molar-refractivity contribution >= 4 is 24.8 Å². The van der Waals surface area contributed by atoms with Crippen molar-refractivity contribution in [1.29, 1.82) is 0 Å². The minimum atomic E-state index is 0. The predicted octanol–water partition coefficient (Wildman–Crippen LogP) is 2.48. The van der Waals surface area contributed by atoms with Crippen LogP contribution >= 0.6 is 24.8 Å². The highest BCUT2D eigenvalue weighted by Crippen LogP contribution is 2.24. The predicted molar refractivity (Wildman–Crippen MR) is 70.7 cm³/mol. The molecule has 1 aromatic heterocycles. The van der Waals surface area contributed by atoms with Crippen LogP contribution in [0, 0.1) is 0 Å². The second-order valence-corrected chi connectivity index (χ2v) is 3.73. The van der Waals surface area contributed by atoms with Gasteiger partial charge >= 0.3 is 0 Å². The Bertz CT molecular complexity index is 261. The highest BCUT2D eigenvalue weighted by molar-refractivity contribution is 5.85. The molecule has 1 aliphatic heterocycles. The Kier molecular flexibility index (Phi) is 7.85. The Hall–Kier alpha value is -0.220. The second-order valence-electron chi connectivity index (χ2n) is 3.73. The fourth-order valence-corrected chi connectivity index (χ4v) is 2.11. The summed E-state index contributed by atoms with van der Waals surface area (Å²) >= 11 is 0. The molecule has 5 heteroatoms. The Morgan fingerprint density at radius 1 is 1.38 bits per heavy atom. The van der Waals surface area contributed by atoms with E-state index in [0.29, 0.717) is 6.04 Å². The van der Waals surface area contributed by atoms with E-state index in [9.17, 15) is 0 Å². The largest absolute Gasteiger partial charge is 0.468 e. The summed E-state index contributed by atoms with van der Waals surface area (Å²) < 4.78 is 5.48. The topological polar surface area (TPSA) is 28.4 Å². The maximum atomic E-state index is 5.48. The fourth-order valence-electron chi connectivity index (χ4n) is 2.11. The molecule has 0 saturated carbocycles.